The number of carbonyl (C=O) groups is 1. The van der Waals surface area contributed by atoms with Crippen LogP contribution in [0.25, 0.3) is 0 Å². The lowest BCUT2D eigenvalue weighted by atomic mass is 9.69. The van der Waals surface area contributed by atoms with Crippen LogP contribution in [0.4, 0.5) is 0 Å². The van der Waals surface area contributed by atoms with E-state index >= 15 is 0 Å². The van der Waals surface area contributed by atoms with E-state index in [1.807, 2.05) is 30.3 Å². The van der Waals surface area contributed by atoms with Gasteiger partial charge in [-0.25, -0.2) is 12.7 Å². The average molecular weight is 363 g/mol. The maximum Gasteiger partial charge on any atom is 0.253 e. The highest BCUT2D eigenvalue weighted by atomic mass is 32.2. The van der Waals surface area contributed by atoms with Gasteiger partial charge in [0.2, 0.25) is 10.0 Å². The van der Waals surface area contributed by atoms with E-state index in [9.17, 15) is 13.2 Å². The van der Waals surface area contributed by atoms with Crippen LogP contribution < -0.4 is 5.73 Å². The van der Waals surface area contributed by atoms with Crippen molar-refractivity contribution >= 4 is 15.9 Å². The third-order valence-electron chi connectivity index (χ3n) is 7.24. The van der Waals surface area contributed by atoms with Crippen molar-refractivity contribution in [1.29, 1.82) is 0 Å². The molecule has 25 heavy (non-hydrogen) atoms. The summed E-state index contributed by atoms with van der Waals surface area (Å²) in [5.74, 6) is 0.153. The van der Waals surface area contributed by atoms with Gasteiger partial charge in [-0.15, -0.1) is 0 Å². The summed E-state index contributed by atoms with van der Waals surface area (Å²) in [6.45, 7) is 4.36. The van der Waals surface area contributed by atoms with Gasteiger partial charge in [0.25, 0.3) is 5.91 Å². The average Bonchev–Trinajstić information content (AvgIpc) is 3.02. The molecule has 1 aromatic rings. The van der Waals surface area contributed by atoms with Crippen LogP contribution >= 0.6 is 0 Å². The number of carbonyl (C=O) groups excluding carboxylic acids is 1. The molecular weight excluding hydrogens is 337 g/mol. The molecule has 3 fully saturated rings. The van der Waals surface area contributed by atoms with Gasteiger partial charge in [-0.05, 0) is 42.6 Å². The van der Waals surface area contributed by atoms with Crippen LogP contribution in [-0.4, -0.2) is 36.5 Å². The second-order valence-electron chi connectivity index (χ2n) is 8.55. The molecule has 2 aliphatic carbocycles. The zero-order valence-electron chi connectivity index (χ0n) is 14.8. The predicted octanol–water partition coefficient (Wildman–Crippen LogP) is 1.92. The van der Waals surface area contributed by atoms with Gasteiger partial charge in [0.15, 0.2) is 0 Å². The van der Waals surface area contributed by atoms with Crippen LogP contribution in [0.15, 0.2) is 30.3 Å². The number of rotatable bonds is 3. The van der Waals surface area contributed by atoms with Crippen molar-refractivity contribution in [2.24, 2.45) is 22.5 Å². The van der Waals surface area contributed by atoms with Crippen LogP contribution in [0.3, 0.4) is 0 Å². The van der Waals surface area contributed by atoms with Crippen molar-refractivity contribution in [2.45, 2.75) is 51.6 Å². The molecule has 3 aliphatic rings. The number of nitrogens with two attached hydrogens (primary N) is 1. The van der Waals surface area contributed by atoms with E-state index in [2.05, 4.69) is 13.8 Å². The summed E-state index contributed by atoms with van der Waals surface area (Å²) in [5.41, 5.74) is 6.76. The number of benzene rings is 1. The lowest BCUT2D eigenvalue weighted by molar-refractivity contribution is -0.130. The summed E-state index contributed by atoms with van der Waals surface area (Å²) in [5, 5.41) is 0. The molecule has 2 bridgehead atoms. The van der Waals surface area contributed by atoms with Crippen molar-refractivity contribution < 1.29 is 13.2 Å². The molecule has 0 radical (unpaired) electrons. The van der Waals surface area contributed by atoms with Crippen LogP contribution in [0.2, 0.25) is 0 Å². The first-order chi connectivity index (χ1) is 11.7. The minimum absolute atomic E-state index is 0.0384. The molecule has 4 atom stereocenters. The minimum Gasteiger partial charge on any atom is -0.320 e. The Hall–Kier alpha value is -1.40. The van der Waals surface area contributed by atoms with Crippen LogP contribution in [0, 0.1) is 16.7 Å². The van der Waals surface area contributed by atoms with Gasteiger partial charge in [0.05, 0.1) is 17.8 Å². The summed E-state index contributed by atoms with van der Waals surface area (Å²) in [4.78, 5) is 13.0. The standard InChI is InChI=1S/C19H26N2O3S/c1-18(2)14-8-9-19(18)12-25(23,24)21(16(19)11-14)17(22)15(20)10-13-6-4-3-5-7-13/h3-7,14-16H,8-12,20H2,1-2H3/t14-,15-,16-,19-/m0/s1/i20+1. The first-order valence-corrected chi connectivity index (χ1v) is 10.7. The van der Waals surface area contributed by atoms with E-state index in [0.717, 1.165) is 24.8 Å². The Bertz CT molecular complexity index is 805. The number of amides is 1. The van der Waals surface area contributed by atoms with E-state index in [0.29, 0.717) is 12.3 Å². The third kappa shape index (κ3) is 2.23. The highest BCUT2D eigenvalue weighted by Crippen LogP contribution is 2.69. The Morgan fingerprint density at radius 3 is 2.64 bits per heavy atom. The Morgan fingerprint density at radius 2 is 2.00 bits per heavy atom. The zero-order chi connectivity index (χ0) is 18.0. The molecule has 5 nitrogen and oxygen atoms in total. The quantitative estimate of drug-likeness (QED) is 0.832. The van der Waals surface area contributed by atoms with Gasteiger partial charge in [0, 0.05) is 5.41 Å². The molecule has 1 amide bonds. The summed E-state index contributed by atoms with van der Waals surface area (Å²) in [7, 11) is -3.59. The largest absolute Gasteiger partial charge is 0.320 e. The first kappa shape index (κ1) is 17.0. The van der Waals surface area contributed by atoms with Gasteiger partial charge in [-0.1, -0.05) is 44.2 Å². The highest BCUT2D eigenvalue weighted by Gasteiger charge is 2.72. The second kappa shape index (κ2) is 5.30. The van der Waals surface area contributed by atoms with Crippen molar-refractivity contribution in [3.05, 3.63) is 35.9 Å². The molecule has 0 aromatic heterocycles. The predicted molar refractivity (Wildman–Crippen MR) is 96.1 cm³/mol. The van der Waals surface area contributed by atoms with Gasteiger partial charge < -0.3 is 5.73 Å². The number of fused-ring (bicyclic) bond motifs is 1. The fourth-order valence-electron chi connectivity index (χ4n) is 5.70. The topological polar surface area (TPSA) is 80.5 Å². The van der Waals surface area contributed by atoms with Crippen molar-refractivity contribution in [2.75, 3.05) is 5.75 Å². The van der Waals surface area contributed by atoms with Gasteiger partial charge in [-0.3, -0.25) is 4.79 Å². The van der Waals surface area contributed by atoms with E-state index in [-0.39, 0.29) is 22.6 Å². The number of sulfonamides is 1. The number of hydrogen-bond donors (Lipinski definition) is 1. The molecule has 1 spiro atoms. The lowest BCUT2D eigenvalue weighted by Crippen LogP contribution is -2.50. The zero-order valence-corrected chi connectivity index (χ0v) is 15.6. The maximum absolute atomic E-state index is 13.0. The maximum atomic E-state index is 13.0. The van der Waals surface area contributed by atoms with Crippen molar-refractivity contribution in [3.63, 3.8) is 0 Å². The molecular formula is C19H26N2O3S. The molecule has 1 aromatic carbocycles. The van der Waals surface area contributed by atoms with E-state index in [4.69, 9.17) is 5.73 Å². The summed E-state index contributed by atoms with van der Waals surface area (Å²) >= 11 is 0. The normalized spacial score (nSPS) is 35.6. The van der Waals surface area contributed by atoms with Gasteiger partial charge in [0.1, 0.15) is 0 Å². The third-order valence-corrected chi connectivity index (χ3v) is 9.16. The van der Waals surface area contributed by atoms with Gasteiger partial charge >= 0.3 is 0 Å². The summed E-state index contributed by atoms with van der Waals surface area (Å²) < 4.78 is 27.0. The van der Waals surface area contributed by atoms with Crippen LogP contribution in [-0.2, 0) is 21.2 Å². The highest BCUT2D eigenvalue weighted by molar-refractivity contribution is 7.90. The fraction of sp³-hybridized carbons (Fsp3) is 0.632. The lowest BCUT2D eigenvalue weighted by Gasteiger charge is -2.37. The molecule has 4 rings (SSSR count). The van der Waals surface area contributed by atoms with E-state index < -0.39 is 22.0 Å². The van der Waals surface area contributed by atoms with Gasteiger partial charge in [-0.2, -0.15) is 0 Å². The SMILES string of the molecule is CC1(C)[C@H]2CC[C@@]13CS(=O)(=O)N(C(=O)[C@@H]([15NH2])Cc1ccccc1)[C@H]3C2. The molecule has 136 valence electrons. The molecule has 1 saturated heterocycles. The van der Waals surface area contributed by atoms with Crippen molar-refractivity contribution in [3.8, 4) is 0 Å². The molecule has 2 saturated carbocycles. The summed E-state index contributed by atoms with van der Waals surface area (Å²) in [6, 6.07) is 8.49. The molecule has 0 unspecified atom stereocenters. The molecule has 2 N–H and O–H groups in total. The monoisotopic (exact) mass is 363 g/mol. The van der Waals surface area contributed by atoms with E-state index in [1.54, 1.807) is 0 Å². The molecule has 6 heteroatoms. The second-order valence-corrected chi connectivity index (χ2v) is 10.4. The Labute approximate surface area is 149 Å². The Kier molecular flexibility index (Phi) is 3.61. The minimum atomic E-state index is -3.59. The van der Waals surface area contributed by atoms with Crippen LogP contribution in [0.1, 0.15) is 38.7 Å². The fourth-order valence-corrected chi connectivity index (χ4v) is 8.28. The Balaban J connectivity index is 1.63. The smallest absolute Gasteiger partial charge is 0.253 e. The van der Waals surface area contributed by atoms with Crippen molar-refractivity contribution in [1.82, 2.24) is 4.31 Å². The van der Waals surface area contributed by atoms with E-state index in [1.165, 1.54) is 4.31 Å². The Morgan fingerprint density at radius 1 is 1.32 bits per heavy atom. The number of hydrogen-bond acceptors (Lipinski definition) is 4. The summed E-state index contributed by atoms with van der Waals surface area (Å²) in [6.07, 6.45) is 3.11. The number of nitrogens with zero attached hydrogens (tertiary/aromatic N) is 1. The van der Waals surface area contributed by atoms with Crippen LogP contribution in [0.5, 0.6) is 0 Å². The molecule has 1 heterocycles. The first-order valence-electron chi connectivity index (χ1n) is 9.04. The molecule has 1 aliphatic heterocycles.